The summed E-state index contributed by atoms with van der Waals surface area (Å²) in [6.45, 7) is 0. The summed E-state index contributed by atoms with van der Waals surface area (Å²) < 4.78 is 11.5. The number of carbonyl (C=O) groups excluding carboxylic acids is 1. The van der Waals surface area contributed by atoms with E-state index in [9.17, 15) is 4.79 Å². The smallest absolute Gasteiger partial charge is 0.257 e. The van der Waals surface area contributed by atoms with Gasteiger partial charge in [0.05, 0.1) is 24.4 Å². The molecular formula is C17H16N2O3S2. The van der Waals surface area contributed by atoms with Crippen molar-refractivity contribution in [1.82, 2.24) is 4.98 Å². The van der Waals surface area contributed by atoms with Crippen LogP contribution in [0.5, 0.6) is 11.5 Å². The molecule has 0 aliphatic heterocycles. The van der Waals surface area contributed by atoms with Crippen LogP contribution in [-0.4, -0.2) is 31.4 Å². The predicted octanol–water partition coefficient (Wildman–Crippen LogP) is 4.29. The molecule has 0 radical (unpaired) electrons. The highest BCUT2D eigenvalue weighted by molar-refractivity contribution is 7.98. The van der Waals surface area contributed by atoms with Crippen LogP contribution in [0.3, 0.4) is 0 Å². The second-order valence-electron chi connectivity index (χ2n) is 4.85. The first-order chi connectivity index (χ1) is 11.7. The van der Waals surface area contributed by atoms with Crippen LogP contribution in [-0.2, 0) is 0 Å². The van der Waals surface area contributed by atoms with E-state index in [0.717, 1.165) is 15.1 Å². The topological polar surface area (TPSA) is 60.5 Å². The van der Waals surface area contributed by atoms with Crippen molar-refractivity contribution in [3.05, 3.63) is 42.0 Å². The Kier molecular flexibility index (Phi) is 4.92. The average molecular weight is 360 g/mol. The first-order valence-corrected chi connectivity index (χ1v) is 9.17. The Morgan fingerprint density at radius 1 is 1.17 bits per heavy atom. The van der Waals surface area contributed by atoms with Gasteiger partial charge in [0.25, 0.3) is 5.91 Å². The summed E-state index contributed by atoms with van der Waals surface area (Å²) in [6, 6.07) is 11.1. The first kappa shape index (κ1) is 16.6. The first-order valence-electron chi connectivity index (χ1n) is 7.13. The minimum atomic E-state index is -0.235. The number of fused-ring (bicyclic) bond motifs is 1. The third-order valence-corrected chi connectivity index (χ3v) is 5.17. The van der Waals surface area contributed by atoms with Gasteiger partial charge in [0, 0.05) is 10.5 Å². The molecule has 0 aliphatic rings. The molecule has 0 fully saturated rings. The van der Waals surface area contributed by atoms with Gasteiger partial charge in [-0.3, -0.25) is 10.1 Å². The molecule has 0 unspecified atom stereocenters. The molecule has 0 saturated carbocycles. The fraction of sp³-hybridized carbons (Fsp3) is 0.176. The van der Waals surface area contributed by atoms with Crippen molar-refractivity contribution in [3.63, 3.8) is 0 Å². The average Bonchev–Trinajstić information content (AvgIpc) is 3.03. The van der Waals surface area contributed by atoms with Gasteiger partial charge in [0.1, 0.15) is 0 Å². The molecular weight excluding hydrogens is 344 g/mol. The fourth-order valence-electron chi connectivity index (χ4n) is 2.29. The minimum Gasteiger partial charge on any atom is -0.493 e. The SMILES string of the molecule is COc1ccc(C(=O)Nc2nc3c(SC)cccc3s2)cc1OC. The lowest BCUT2D eigenvalue weighted by molar-refractivity contribution is 0.102. The number of benzene rings is 2. The maximum absolute atomic E-state index is 12.5. The minimum absolute atomic E-state index is 0.235. The molecule has 0 bridgehead atoms. The highest BCUT2D eigenvalue weighted by Gasteiger charge is 2.14. The predicted molar refractivity (Wildman–Crippen MR) is 98.9 cm³/mol. The second-order valence-corrected chi connectivity index (χ2v) is 6.73. The summed E-state index contributed by atoms with van der Waals surface area (Å²) in [5.74, 6) is 0.860. The zero-order valence-electron chi connectivity index (χ0n) is 13.5. The Bertz CT molecular complexity index is 893. The molecule has 5 nitrogen and oxygen atoms in total. The van der Waals surface area contributed by atoms with Crippen molar-refractivity contribution >= 4 is 44.4 Å². The van der Waals surface area contributed by atoms with Gasteiger partial charge in [-0.05, 0) is 36.6 Å². The third kappa shape index (κ3) is 3.18. The van der Waals surface area contributed by atoms with E-state index in [0.29, 0.717) is 22.2 Å². The Morgan fingerprint density at radius 2 is 1.96 bits per heavy atom. The molecule has 1 N–H and O–H groups in total. The normalized spacial score (nSPS) is 10.6. The zero-order valence-corrected chi connectivity index (χ0v) is 15.1. The number of rotatable bonds is 5. The highest BCUT2D eigenvalue weighted by atomic mass is 32.2. The maximum Gasteiger partial charge on any atom is 0.257 e. The molecule has 124 valence electrons. The number of aromatic nitrogens is 1. The summed E-state index contributed by atoms with van der Waals surface area (Å²) in [5, 5.41) is 3.43. The van der Waals surface area contributed by atoms with Crippen LogP contribution in [0.15, 0.2) is 41.3 Å². The van der Waals surface area contributed by atoms with Crippen LogP contribution in [0.25, 0.3) is 10.2 Å². The molecule has 1 aromatic heterocycles. The van der Waals surface area contributed by atoms with Crippen molar-refractivity contribution < 1.29 is 14.3 Å². The van der Waals surface area contributed by atoms with Gasteiger partial charge < -0.3 is 9.47 Å². The van der Waals surface area contributed by atoms with Crippen LogP contribution in [0.4, 0.5) is 5.13 Å². The van der Waals surface area contributed by atoms with Crippen molar-refractivity contribution in [1.29, 1.82) is 0 Å². The molecule has 0 aliphatic carbocycles. The second kappa shape index (κ2) is 7.11. The molecule has 0 spiro atoms. The standard InChI is InChI=1S/C17H16N2O3S2/c1-21-11-8-7-10(9-12(11)22-2)16(20)19-17-18-15-13(23-3)5-4-6-14(15)24-17/h4-9H,1-3H3,(H,18,19,20). The maximum atomic E-state index is 12.5. The lowest BCUT2D eigenvalue weighted by Gasteiger charge is -2.09. The van der Waals surface area contributed by atoms with Crippen LogP contribution >= 0.6 is 23.1 Å². The molecule has 3 aromatic rings. The van der Waals surface area contributed by atoms with Gasteiger partial charge in [0.15, 0.2) is 16.6 Å². The fourth-order valence-corrected chi connectivity index (χ4v) is 3.80. The molecule has 1 heterocycles. The largest absolute Gasteiger partial charge is 0.493 e. The summed E-state index contributed by atoms with van der Waals surface area (Å²) in [4.78, 5) is 18.1. The molecule has 24 heavy (non-hydrogen) atoms. The molecule has 0 saturated heterocycles. The third-order valence-electron chi connectivity index (χ3n) is 3.47. The Morgan fingerprint density at radius 3 is 2.67 bits per heavy atom. The van der Waals surface area contributed by atoms with E-state index in [1.807, 2.05) is 24.5 Å². The van der Waals surface area contributed by atoms with Crippen molar-refractivity contribution in [2.24, 2.45) is 0 Å². The van der Waals surface area contributed by atoms with E-state index < -0.39 is 0 Å². The van der Waals surface area contributed by atoms with E-state index in [1.165, 1.54) is 18.4 Å². The number of anilines is 1. The number of para-hydroxylation sites is 1. The molecule has 7 heteroatoms. The Labute approximate surface area is 148 Å². The summed E-state index contributed by atoms with van der Waals surface area (Å²) in [5.41, 5.74) is 1.40. The number of nitrogens with one attached hydrogen (secondary N) is 1. The number of methoxy groups -OCH3 is 2. The molecule has 1 amide bonds. The quantitative estimate of drug-likeness (QED) is 0.688. The van der Waals surface area contributed by atoms with E-state index in [-0.39, 0.29) is 5.91 Å². The van der Waals surface area contributed by atoms with Gasteiger partial charge in [0.2, 0.25) is 0 Å². The van der Waals surface area contributed by atoms with Crippen LogP contribution in [0.1, 0.15) is 10.4 Å². The van der Waals surface area contributed by atoms with E-state index >= 15 is 0 Å². The van der Waals surface area contributed by atoms with Crippen LogP contribution in [0.2, 0.25) is 0 Å². The zero-order chi connectivity index (χ0) is 17.1. The summed E-state index contributed by atoms with van der Waals surface area (Å²) in [7, 11) is 3.10. The van der Waals surface area contributed by atoms with Gasteiger partial charge in [-0.2, -0.15) is 0 Å². The monoisotopic (exact) mass is 360 g/mol. The lowest BCUT2D eigenvalue weighted by Crippen LogP contribution is -2.11. The van der Waals surface area contributed by atoms with Crippen LogP contribution < -0.4 is 14.8 Å². The number of hydrogen-bond acceptors (Lipinski definition) is 6. The molecule has 3 rings (SSSR count). The number of amides is 1. The summed E-state index contributed by atoms with van der Waals surface area (Å²) >= 11 is 3.09. The van der Waals surface area contributed by atoms with Gasteiger partial charge in [-0.25, -0.2) is 4.98 Å². The van der Waals surface area contributed by atoms with Crippen LogP contribution in [0, 0.1) is 0 Å². The Balaban J connectivity index is 1.87. The van der Waals surface area contributed by atoms with E-state index in [1.54, 1.807) is 37.1 Å². The van der Waals surface area contributed by atoms with Crippen molar-refractivity contribution in [2.75, 3.05) is 25.8 Å². The number of ether oxygens (including phenoxy) is 2. The van der Waals surface area contributed by atoms with Gasteiger partial charge >= 0.3 is 0 Å². The molecule has 0 atom stereocenters. The number of thiazole rings is 1. The van der Waals surface area contributed by atoms with Gasteiger partial charge in [-0.15, -0.1) is 11.8 Å². The Hall–Kier alpha value is -2.25. The van der Waals surface area contributed by atoms with Crippen molar-refractivity contribution in [2.45, 2.75) is 4.90 Å². The van der Waals surface area contributed by atoms with Crippen molar-refractivity contribution in [3.8, 4) is 11.5 Å². The molecule has 2 aromatic carbocycles. The van der Waals surface area contributed by atoms with E-state index in [4.69, 9.17) is 9.47 Å². The number of carbonyl (C=O) groups is 1. The number of nitrogens with zero attached hydrogens (tertiary/aromatic N) is 1. The number of thioether (sulfide) groups is 1. The lowest BCUT2D eigenvalue weighted by atomic mass is 10.2. The summed E-state index contributed by atoms with van der Waals surface area (Å²) in [6.07, 6.45) is 2.01. The van der Waals surface area contributed by atoms with Gasteiger partial charge in [-0.1, -0.05) is 17.4 Å². The van der Waals surface area contributed by atoms with E-state index in [2.05, 4.69) is 10.3 Å². The highest BCUT2D eigenvalue weighted by Crippen LogP contribution is 2.33. The number of hydrogen-bond donors (Lipinski definition) is 1.